The third-order valence-corrected chi connectivity index (χ3v) is 4.63. The van der Waals surface area contributed by atoms with Crippen LogP contribution in [0.5, 0.6) is 0 Å². The predicted molar refractivity (Wildman–Crippen MR) is 90.4 cm³/mol. The van der Waals surface area contributed by atoms with Crippen LogP contribution < -0.4 is 5.32 Å². The molecule has 116 valence electrons. The van der Waals surface area contributed by atoms with Gasteiger partial charge in [-0.15, -0.1) is 0 Å². The van der Waals surface area contributed by atoms with E-state index in [2.05, 4.69) is 20.2 Å². The summed E-state index contributed by atoms with van der Waals surface area (Å²) in [4.78, 5) is 10.8. The number of nitrogens with zero attached hydrogens (tertiary/aromatic N) is 3. The fourth-order valence-corrected chi connectivity index (χ4v) is 3.04. The van der Waals surface area contributed by atoms with Crippen LogP contribution in [0.1, 0.15) is 18.4 Å². The van der Waals surface area contributed by atoms with Gasteiger partial charge in [-0.25, -0.2) is 4.98 Å². The van der Waals surface area contributed by atoms with Crippen LogP contribution in [-0.4, -0.2) is 34.0 Å². The number of piperidine rings is 1. The number of hydrogen-bond donors (Lipinski definition) is 1. The molecule has 1 fully saturated rings. The molecule has 3 rings (SSSR count). The van der Waals surface area contributed by atoms with Crippen molar-refractivity contribution in [2.45, 2.75) is 25.4 Å². The van der Waals surface area contributed by atoms with Crippen LogP contribution in [0.15, 0.2) is 36.8 Å². The molecule has 0 radical (unpaired) electrons. The zero-order valence-corrected chi connectivity index (χ0v) is 13.7. The number of anilines is 1. The summed E-state index contributed by atoms with van der Waals surface area (Å²) in [5.41, 5.74) is 1.20. The van der Waals surface area contributed by atoms with Gasteiger partial charge in [0.2, 0.25) is 0 Å². The van der Waals surface area contributed by atoms with Crippen molar-refractivity contribution in [2.75, 3.05) is 18.4 Å². The lowest BCUT2D eigenvalue weighted by Gasteiger charge is -2.32. The highest BCUT2D eigenvalue weighted by Gasteiger charge is 2.19. The van der Waals surface area contributed by atoms with E-state index in [0.29, 0.717) is 16.1 Å². The topological polar surface area (TPSA) is 41.0 Å². The Morgan fingerprint density at radius 2 is 1.95 bits per heavy atom. The van der Waals surface area contributed by atoms with Crippen LogP contribution in [0.4, 0.5) is 5.82 Å². The van der Waals surface area contributed by atoms with Gasteiger partial charge < -0.3 is 5.32 Å². The number of rotatable bonds is 4. The lowest BCUT2D eigenvalue weighted by atomic mass is 10.0. The first-order chi connectivity index (χ1) is 10.7. The van der Waals surface area contributed by atoms with Crippen molar-refractivity contribution in [1.82, 2.24) is 14.9 Å². The molecule has 0 bridgehead atoms. The molecule has 1 N–H and O–H groups in total. The van der Waals surface area contributed by atoms with Gasteiger partial charge >= 0.3 is 0 Å². The first-order valence-corrected chi connectivity index (χ1v) is 8.15. The molecule has 0 atom stereocenters. The van der Waals surface area contributed by atoms with Crippen LogP contribution in [0.3, 0.4) is 0 Å². The van der Waals surface area contributed by atoms with E-state index in [4.69, 9.17) is 23.2 Å². The number of hydrogen-bond acceptors (Lipinski definition) is 4. The maximum Gasteiger partial charge on any atom is 0.144 e. The zero-order valence-electron chi connectivity index (χ0n) is 12.2. The van der Waals surface area contributed by atoms with Crippen LogP contribution in [-0.2, 0) is 6.54 Å². The highest BCUT2D eigenvalue weighted by atomic mass is 35.5. The van der Waals surface area contributed by atoms with E-state index in [1.165, 1.54) is 5.56 Å². The Balaban J connectivity index is 1.50. The monoisotopic (exact) mass is 336 g/mol. The Morgan fingerprint density at radius 1 is 1.14 bits per heavy atom. The summed E-state index contributed by atoms with van der Waals surface area (Å²) in [5.74, 6) is 0.852. The summed E-state index contributed by atoms with van der Waals surface area (Å²) in [6.45, 7) is 3.02. The molecule has 0 amide bonds. The van der Waals surface area contributed by atoms with Crippen molar-refractivity contribution in [3.63, 3.8) is 0 Å². The van der Waals surface area contributed by atoms with Crippen LogP contribution in [0.2, 0.25) is 10.0 Å². The molecule has 0 unspecified atom stereocenters. The van der Waals surface area contributed by atoms with Crippen molar-refractivity contribution in [3.8, 4) is 0 Å². The van der Waals surface area contributed by atoms with Gasteiger partial charge in [0.15, 0.2) is 0 Å². The van der Waals surface area contributed by atoms with E-state index in [-0.39, 0.29) is 0 Å². The molecule has 22 heavy (non-hydrogen) atoms. The summed E-state index contributed by atoms with van der Waals surface area (Å²) in [6.07, 6.45) is 7.35. The van der Waals surface area contributed by atoms with E-state index in [1.807, 2.05) is 18.2 Å². The molecule has 6 heteroatoms. The van der Waals surface area contributed by atoms with Crippen LogP contribution >= 0.6 is 23.2 Å². The lowest BCUT2D eigenvalue weighted by molar-refractivity contribution is 0.211. The minimum absolute atomic E-state index is 0.460. The van der Waals surface area contributed by atoms with E-state index >= 15 is 0 Å². The molecular formula is C16H18Cl2N4. The van der Waals surface area contributed by atoms with Gasteiger partial charge in [-0.3, -0.25) is 9.88 Å². The molecule has 2 heterocycles. The molecule has 1 aromatic carbocycles. The van der Waals surface area contributed by atoms with Crippen LogP contribution in [0.25, 0.3) is 0 Å². The highest BCUT2D eigenvalue weighted by Crippen LogP contribution is 2.24. The molecule has 1 saturated heterocycles. The summed E-state index contributed by atoms with van der Waals surface area (Å²) < 4.78 is 0. The molecule has 4 nitrogen and oxygen atoms in total. The summed E-state index contributed by atoms with van der Waals surface area (Å²) in [5, 5.41) is 4.68. The Hall–Kier alpha value is -1.36. The molecule has 0 saturated carbocycles. The molecule has 0 spiro atoms. The molecule has 1 aliphatic heterocycles. The molecule has 1 aliphatic rings. The normalized spacial score (nSPS) is 16.6. The second kappa shape index (κ2) is 7.27. The van der Waals surface area contributed by atoms with Crippen molar-refractivity contribution in [1.29, 1.82) is 0 Å². The predicted octanol–water partition coefficient (Wildman–Crippen LogP) is 3.86. The number of nitrogens with one attached hydrogen (secondary N) is 1. The first kappa shape index (κ1) is 15.5. The van der Waals surface area contributed by atoms with Gasteiger partial charge in [-0.2, -0.15) is 0 Å². The van der Waals surface area contributed by atoms with E-state index < -0.39 is 0 Å². The average Bonchev–Trinajstić information content (AvgIpc) is 2.54. The quantitative estimate of drug-likeness (QED) is 0.920. The van der Waals surface area contributed by atoms with Gasteiger partial charge in [-0.05, 0) is 30.5 Å². The zero-order chi connectivity index (χ0) is 15.4. The molecule has 2 aromatic rings. The van der Waals surface area contributed by atoms with Gasteiger partial charge in [-0.1, -0.05) is 29.3 Å². The Labute approximate surface area is 140 Å². The fourth-order valence-electron chi connectivity index (χ4n) is 2.71. The van der Waals surface area contributed by atoms with E-state index in [0.717, 1.165) is 38.3 Å². The lowest BCUT2D eigenvalue weighted by Crippen LogP contribution is -2.38. The van der Waals surface area contributed by atoms with Crippen molar-refractivity contribution < 1.29 is 0 Å². The summed E-state index contributed by atoms with van der Waals surface area (Å²) >= 11 is 12.0. The van der Waals surface area contributed by atoms with Gasteiger partial charge in [0.1, 0.15) is 5.82 Å². The van der Waals surface area contributed by atoms with Gasteiger partial charge in [0.25, 0.3) is 0 Å². The second-order valence-corrected chi connectivity index (χ2v) is 6.35. The molecule has 1 aromatic heterocycles. The largest absolute Gasteiger partial charge is 0.366 e. The van der Waals surface area contributed by atoms with Crippen LogP contribution in [0, 0.1) is 0 Å². The van der Waals surface area contributed by atoms with Gasteiger partial charge in [0.05, 0.1) is 16.2 Å². The van der Waals surface area contributed by atoms with E-state index in [1.54, 1.807) is 18.6 Å². The average molecular weight is 337 g/mol. The molecular weight excluding hydrogens is 319 g/mol. The third-order valence-electron chi connectivity index (χ3n) is 3.89. The fraction of sp³-hybridized carbons (Fsp3) is 0.375. The van der Waals surface area contributed by atoms with Gasteiger partial charge in [0, 0.05) is 38.1 Å². The second-order valence-electron chi connectivity index (χ2n) is 5.53. The first-order valence-electron chi connectivity index (χ1n) is 7.39. The SMILES string of the molecule is Clc1ccc(CN2CCC(Nc3cnccn3)CC2)cc1Cl. The minimum Gasteiger partial charge on any atom is -0.366 e. The molecule has 0 aliphatic carbocycles. The van der Waals surface area contributed by atoms with Crippen molar-refractivity contribution >= 4 is 29.0 Å². The summed E-state index contributed by atoms with van der Waals surface area (Å²) in [7, 11) is 0. The Kier molecular flexibility index (Phi) is 5.13. The van der Waals surface area contributed by atoms with Crippen molar-refractivity contribution in [2.24, 2.45) is 0 Å². The van der Waals surface area contributed by atoms with E-state index in [9.17, 15) is 0 Å². The number of likely N-dealkylation sites (tertiary alicyclic amines) is 1. The minimum atomic E-state index is 0.460. The van der Waals surface area contributed by atoms with Crippen molar-refractivity contribution in [3.05, 3.63) is 52.4 Å². The summed E-state index contributed by atoms with van der Waals surface area (Å²) in [6, 6.07) is 6.31. The number of halogens is 2. The number of benzene rings is 1. The maximum absolute atomic E-state index is 6.07. The Morgan fingerprint density at radius 3 is 2.64 bits per heavy atom. The maximum atomic E-state index is 6.07. The Bertz CT molecular complexity index is 613. The number of aromatic nitrogens is 2. The standard InChI is InChI=1S/C16H18Cl2N4/c17-14-2-1-12(9-15(14)18)11-22-7-3-13(4-8-22)21-16-10-19-5-6-20-16/h1-2,5-6,9-10,13H,3-4,7-8,11H2,(H,20,21). The highest BCUT2D eigenvalue weighted by molar-refractivity contribution is 6.42. The smallest absolute Gasteiger partial charge is 0.144 e. The third kappa shape index (κ3) is 4.09.